The first-order valence-corrected chi connectivity index (χ1v) is 5.09. The zero-order valence-corrected chi connectivity index (χ0v) is 8.07. The van der Waals surface area contributed by atoms with Gasteiger partial charge in [0.25, 0.3) is 0 Å². The largest absolute Gasteiger partial charge is 0.358 e. The smallest absolute Gasteiger partial charge is 0.264 e. The van der Waals surface area contributed by atoms with Gasteiger partial charge in [0.2, 0.25) is 0 Å². The summed E-state index contributed by atoms with van der Waals surface area (Å²) in [6.07, 6.45) is 5.06. The molecule has 0 spiro atoms. The van der Waals surface area contributed by atoms with E-state index in [1.807, 2.05) is 13.0 Å². The Labute approximate surface area is 77.1 Å². The van der Waals surface area contributed by atoms with Crippen LogP contribution in [0, 0.1) is 0 Å². The van der Waals surface area contributed by atoms with Gasteiger partial charge < -0.3 is 0 Å². The second-order valence-corrected chi connectivity index (χ2v) is 3.34. The third-order valence-electron chi connectivity index (χ3n) is 1.06. The Hall–Kier alpha value is -1.04. The second kappa shape index (κ2) is 6.47. The summed E-state index contributed by atoms with van der Waals surface area (Å²) >= 11 is 0. The molecule has 0 aromatic carbocycles. The maximum absolute atomic E-state index is 10.6. The average Bonchev–Trinajstić information content (AvgIpc) is 2.04. The van der Waals surface area contributed by atoms with E-state index in [1.54, 1.807) is 6.08 Å². The van der Waals surface area contributed by atoms with Gasteiger partial charge in [0.1, 0.15) is 0 Å². The second-order valence-electron chi connectivity index (χ2n) is 2.09. The lowest BCUT2D eigenvalue weighted by atomic mass is 10.3. The maximum atomic E-state index is 10.6. The molecule has 0 aromatic heterocycles. The van der Waals surface area contributed by atoms with Gasteiger partial charge in [-0.2, -0.15) is 8.42 Å². The molecule has 0 saturated carbocycles. The van der Waals surface area contributed by atoms with Crippen molar-refractivity contribution in [3.63, 3.8) is 0 Å². The number of rotatable bonds is 6. The molecule has 0 rings (SSSR count). The summed E-state index contributed by atoms with van der Waals surface area (Å²) in [5.74, 6) is 0. The molecule has 0 heterocycles. The van der Waals surface area contributed by atoms with Crippen molar-refractivity contribution in [2.24, 2.45) is 4.52 Å². The Morgan fingerprint density at radius 3 is 2.77 bits per heavy atom. The molecule has 0 aliphatic carbocycles. The molecule has 13 heavy (non-hydrogen) atoms. The van der Waals surface area contributed by atoms with Crippen LogP contribution in [0.25, 0.3) is 10.4 Å². The fourth-order valence-corrected chi connectivity index (χ4v) is 1.02. The van der Waals surface area contributed by atoms with Gasteiger partial charge in [0.05, 0.1) is 11.1 Å². The van der Waals surface area contributed by atoms with Gasteiger partial charge in [0, 0.05) is 4.91 Å². The number of hydrogen-bond donors (Lipinski definition) is 0. The summed E-state index contributed by atoms with van der Waals surface area (Å²) in [4.78, 5) is 2.12. The topological polar surface area (TPSA) is 92.1 Å². The summed E-state index contributed by atoms with van der Waals surface area (Å²) in [7, 11) is -4.04. The molecule has 0 radical (unpaired) electrons. The van der Waals surface area contributed by atoms with E-state index in [9.17, 15) is 8.42 Å². The molecule has 74 valence electrons. The molecule has 0 unspecified atom stereocenters. The third kappa shape index (κ3) is 7.32. The average molecular weight is 205 g/mol. The highest BCUT2D eigenvalue weighted by Gasteiger charge is 2.05. The fraction of sp³-hybridized carbons (Fsp3) is 0.667. The van der Waals surface area contributed by atoms with Crippen LogP contribution in [-0.4, -0.2) is 15.0 Å². The zero-order chi connectivity index (χ0) is 10.2. The molecule has 7 heteroatoms. The van der Waals surface area contributed by atoms with Crippen molar-refractivity contribution >= 4 is 10.3 Å². The Balaban J connectivity index is 3.77. The molecule has 0 bridgehead atoms. The van der Waals surface area contributed by atoms with Crippen LogP contribution < -0.4 is 0 Å². The highest BCUT2D eigenvalue weighted by atomic mass is 32.2. The molecule has 0 aliphatic heterocycles. The summed E-state index contributed by atoms with van der Waals surface area (Å²) in [5, 5.41) is 0. The van der Waals surface area contributed by atoms with E-state index < -0.39 is 10.3 Å². The minimum atomic E-state index is -4.04. The van der Waals surface area contributed by atoms with Gasteiger partial charge in [-0.15, -0.1) is 0 Å². The fourth-order valence-electron chi connectivity index (χ4n) is 0.574. The van der Waals surface area contributed by atoms with Gasteiger partial charge in [-0.25, -0.2) is 0 Å². The van der Waals surface area contributed by atoms with Crippen LogP contribution in [0.2, 0.25) is 0 Å². The van der Waals surface area contributed by atoms with Crippen molar-refractivity contribution in [2.45, 2.75) is 19.8 Å². The van der Waals surface area contributed by atoms with Crippen LogP contribution in [0.15, 0.2) is 16.7 Å². The Morgan fingerprint density at radius 2 is 2.23 bits per heavy atom. The third-order valence-corrected chi connectivity index (χ3v) is 1.79. The van der Waals surface area contributed by atoms with E-state index >= 15 is 0 Å². The van der Waals surface area contributed by atoms with Gasteiger partial charge in [-0.1, -0.05) is 19.1 Å². The predicted molar refractivity (Wildman–Crippen MR) is 48.1 cm³/mol. The zero-order valence-electron chi connectivity index (χ0n) is 7.25. The molecular weight excluding hydrogens is 194 g/mol. The minimum Gasteiger partial charge on any atom is -0.264 e. The normalized spacial score (nSPS) is 11.5. The van der Waals surface area contributed by atoms with Gasteiger partial charge in [-0.3, -0.25) is 4.18 Å². The molecule has 0 fully saturated rings. The minimum absolute atomic E-state index is 0.00213. The van der Waals surface area contributed by atoms with Crippen molar-refractivity contribution in [3.8, 4) is 0 Å². The lowest BCUT2D eigenvalue weighted by Crippen LogP contribution is -2.01. The lowest BCUT2D eigenvalue weighted by Gasteiger charge is -1.95. The van der Waals surface area contributed by atoms with Crippen LogP contribution >= 0.6 is 0 Å². The van der Waals surface area contributed by atoms with E-state index in [1.165, 1.54) is 0 Å². The molecule has 0 aliphatic rings. The van der Waals surface area contributed by atoms with E-state index in [0.29, 0.717) is 6.42 Å². The quantitative estimate of drug-likeness (QED) is 0.218. The first-order chi connectivity index (χ1) is 6.12. The number of nitrogens with zero attached hydrogens (tertiary/aromatic N) is 3. The summed E-state index contributed by atoms with van der Waals surface area (Å²) < 4.78 is 28.0. The van der Waals surface area contributed by atoms with Gasteiger partial charge in [0.15, 0.2) is 0 Å². The van der Waals surface area contributed by atoms with Crippen molar-refractivity contribution in [3.05, 3.63) is 22.6 Å². The highest BCUT2D eigenvalue weighted by molar-refractivity contribution is 7.85. The Kier molecular flexibility index (Phi) is 5.96. The van der Waals surface area contributed by atoms with Gasteiger partial charge >= 0.3 is 10.3 Å². The molecule has 6 nitrogen and oxygen atoms in total. The molecule has 0 saturated heterocycles. The maximum Gasteiger partial charge on any atom is 0.358 e. The highest BCUT2D eigenvalue weighted by Crippen LogP contribution is 1.97. The van der Waals surface area contributed by atoms with Crippen molar-refractivity contribution in [1.29, 1.82) is 0 Å². The first-order valence-electron chi connectivity index (χ1n) is 3.73. The van der Waals surface area contributed by atoms with Crippen LogP contribution in [0.3, 0.4) is 0 Å². The van der Waals surface area contributed by atoms with Crippen molar-refractivity contribution < 1.29 is 12.6 Å². The van der Waals surface area contributed by atoms with Crippen molar-refractivity contribution in [2.75, 3.05) is 6.61 Å². The monoisotopic (exact) mass is 205 g/mol. The van der Waals surface area contributed by atoms with Gasteiger partial charge in [-0.05, 0) is 18.4 Å². The van der Waals surface area contributed by atoms with E-state index in [0.717, 1.165) is 6.42 Å². The number of azide groups is 1. The molecular formula is C6H11N3O3S. The van der Waals surface area contributed by atoms with Crippen molar-refractivity contribution in [1.82, 2.24) is 0 Å². The number of allylic oxidation sites excluding steroid dienone is 1. The Bertz CT molecular complexity index is 303. The molecule has 0 N–H and O–H groups in total. The molecule has 0 aromatic rings. The molecule has 0 amide bonds. The van der Waals surface area contributed by atoms with Crippen LogP contribution in [0.5, 0.6) is 0 Å². The van der Waals surface area contributed by atoms with Crippen LogP contribution in [0.4, 0.5) is 0 Å². The van der Waals surface area contributed by atoms with E-state index in [-0.39, 0.29) is 6.61 Å². The van der Waals surface area contributed by atoms with E-state index in [2.05, 4.69) is 13.6 Å². The number of hydrogen-bond acceptors (Lipinski definition) is 3. The summed E-state index contributed by atoms with van der Waals surface area (Å²) in [6, 6.07) is 0. The lowest BCUT2D eigenvalue weighted by molar-refractivity contribution is 0.325. The Morgan fingerprint density at radius 1 is 1.54 bits per heavy atom. The van der Waals surface area contributed by atoms with E-state index in [4.69, 9.17) is 5.53 Å². The SMILES string of the molecule is CC/C=C/CCOS(=O)(=O)N=[N+]=[N-]. The predicted octanol–water partition coefficient (Wildman–Crippen LogP) is 1.91. The molecule has 0 atom stereocenters. The van der Waals surface area contributed by atoms with Crippen LogP contribution in [-0.2, 0) is 14.5 Å². The summed E-state index contributed by atoms with van der Waals surface area (Å²) in [5.41, 5.74) is 7.83. The summed E-state index contributed by atoms with van der Waals surface area (Å²) in [6.45, 7) is 1.96. The van der Waals surface area contributed by atoms with Crippen LogP contribution in [0.1, 0.15) is 19.8 Å². The first kappa shape index (κ1) is 12.0. The standard InChI is InChI=1S/C6H11N3O3S/c1-2-3-4-5-6-12-13(10,11)9-8-7/h3-4H,2,5-6H2,1H3/b4-3+.